The number of aliphatic hydroxyl groups is 1. The zero-order valence-corrected chi connectivity index (χ0v) is 19.5. The van der Waals surface area contributed by atoms with Gasteiger partial charge in [-0.1, -0.05) is 43.6 Å². The van der Waals surface area contributed by atoms with Gasteiger partial charge in [0.05, 0.1) is 12.0 Å². The molecule has 0 aliphatic heterocycles. The molecule has 30 heavy (non-hydrogen) atoms. The molecule has 4 aliphatic rings. The molecule has 0 aromatic carbocycles. The molecule has 0 radical (unpaired) electrons. The first-order chi connectivity index (χ1) is 14.2. The Morgan fingerprint density at radius 2 is 1.87 bits per heavy atom. The van der Waals surface area contributed by atoms with E-state index in [2.05, 4.69) is 26.8 Å². The van der Waals surface area contributed by atoms with Crippen LogP contribution in [0.15, 0.2) is 22.8 Å². The van der Waals surface area contributed by atoms with Gasteiger partial charge in [0.1, 0.15) is 0 Å². The number of allylic oxidation sites excluding steroid dienone is 3. The van der Waals surface area contributed by atoms with Crippen molar-refractivity contribution in [1.29, 1.82) is 0 Å². The van der Waals surface area contributed by atoms with E-state index in [1.54, 1.807) is 16.7 Å². The molecule has 0 bridgehead atoms. The summed E-state index contributed by atoms with van der Waals surface area (Å²) >= 11 is 0. The number of carbonyl (C=O) groups is 1. The van der Waals surface area contributed by atoms with Crippen molar-refractivity contribution < 1.29 is 15.0 Å². The second-order valence-corrected chi connectivity index (χ2v) is 11.5. The summed E-state index contributed by atoms with van der Waals surface area (Å²) in [7, 11) is 0. The number of hydrogen-bond acceptors (Lipinski definition) is 2. The lowest BCUT2D eigenvalue weighted by Crippen LogP contribution is -2.49. The van der Waals surface area contributed by atoms with Crippen LogP contribution < -0.4 is 0 Å². The second-order valence-electron chi connectivity index (χ2n) is 11.5. The molecule has 0 unspecified atom stereocenters. The minimum Gasteiger partial charge on any atom is -0.481 e. The molecule has 168 valence electrons. The molecule has 3 nitrogen and oxygen atoms in total. The lowest BCUT2D eigenvalue weighted by atomic mass is 9.47. The van der Waals surface area contributed by atoms with Crippen molar-refractivity contribution >= 4 is 5.97 Å². The number of fused-ring (bicyclic) bond motifs is 5. The molecule has 0 saturated heterocycles. The summed E-state index contributed by atoms with van der Waals surface area (Å²) in [4.78, 5) is 11.1. The first-order valence-corrected chi connectivity index (χ1v) is 12.5. The quantitative estimate of drug-likeness (QED) is 0.504. The Labute approximate surface area is 183 Å². The Morgan fingerprint density at radius 1 is 1.17 bits per heavy atom. The molecule has 4 aliphatic carbocycles. The maximum atomic E-state index is 11.1. The number of aliphatic hydroxyl groups excluding tert-OH is 1. The highest BCUT2D eigenvalue weighted by Crippen LogP contribution is 2.66. The molecule has 0 aromatic heterocycles. The minimum absolute atomic E-state index is 0.123. The number of carboxylic acid groups (broad SMARTS) is 1. The Balaban J connectivity index is 1.50. The zero-order chi connectivity index (χ0) is 21.7. The largest absolute Gasteiger partial charge is 0.481 e. The number of hydrogen-bond donors (Lipinski definition) is 2. The molecule has 0 spiro atoms. The van der Waals surface area contributed by atoms with Crippen LogP contribution in [-0.2, 0) is 4.79 Å². The Morgan fingerprint density at radius 3 is 2.60 bits per heavy atom. The highest BCUT2D eigenvalue weighted by atomic mass is 16.4. The fourth-order valence-electron chi connectivity index (χ4n) is 8.10. The van der Waals surface area contributed by atoms with Gasteiger partial charge in [0.25, 0.3) is 0 Å². The smallest absolute Gasteiger partial charge is 0.306 e. The van der Waals surface area contributed by atoms with Crippen LogP contribution in [0.4, 0.5) is 0 Å². The van der Waals surface area contributed by atoms with Crippen LogP contribution in [0.2, 0.25) is 0 Å². The molecular formula is C27H42O3. The summed E-state index contributed by atoms with van der Waals surface area (Å²) in [5.41, 5.74) is 5.49. The molecular weight excluding hydrogens is 372 g/mol. The average molecular weight is 415 g/mol. The molecule has 0 aromatic rings. The maximum Gasteiger partial charge on any atom is 0.306 e. The molecule has 3 fully saturated rings. The van der Waals surface area contributed by atoms with E-state index < -0.39 is 5.97 Å². The fraction of sp³-hybridized carbons (Fsp3) is 0.815. The van der Waals surface area contributed by atoms with Crippen LogP contribution in [0.5, 0.6) is 0 Å². The summed E-state index contributed by atoms with van der Waals surface area (Å²) in [5, 5.41) is 19.4. The summed E-state index contributed by atoms with van der Waals surface area (Å²) < 4.78 is 0. The molecule has 0 heterocycles. The predicted molar refractivity (Wildman–Crippen MR) is 121 cm³/mol. The topological polar surface area (TPSA) is 57.5 Å². The molecule has 4 rings (SSSR count). The Kier molecular flexibility index (Phi) is 5.98. The van der Waals surface area contributed by atoms with Gasteiger partial charge in [-0.3, -0.25) is 4.79 Å². The first-order valence-electron chi connectivity index (χ1n) is 12.5. The molecule has 3 saturated carbocycles. The van der Waals surface area contributed by atoms with Crippen LogP contribution in [0.3, 0.4) is 0 Å². The van der Waals surface area contributed by atoms with Crippen molar-refractivity contribution in [3.05, 3.63) is 22.8 Å². The standard InChI is InChI=1S/C27H42O3/c1-17(6-5-7-18(2)25(29)30)22-10-11-23-21-9-8-19-16-20(28)12-14-26(19,3)24(21)13-15-27(22,23)4/h8,18,20-21,23-24,28H,5-7,9-16H2,1-4H3,(H,29,30)/b22-17+/t18-,20-,21-,23-,24-,26-,27+/m0/s1. The fourth-order valence-corrected chi connectivity index (χ4v) is 8.10. The van der Waals surface area contributed by atoms with Gasteiger partial charge in [-0.15, -0.1) is 0 Å². The summed E-state index contributed by atoms with van der Waals surface area (Å²) in [6, 6.07) is 0. The normalized spacial score (nSPS) is 43.2. The summed E-state index contributed by atoms with van der Waals surface area (Å²) in [5.74, 6) is 1.48. The van der Waals surface area contributed by atoms with E-state index in [1.807, 2.05) is 6.92 Å². The van der Waals surface area contributed by atoms with E-state index in [0.717, 1.165) is 56.3 Å². The van der Waals surface area contributed by atoms with E-state index in [0.29, 0.717) is 10.8 Å². The van der Waals surface area contributed by atoms with Gasteiger partial charge in [0.2, 0.25) is 0 Å². The molecule has 2 N–H and O–H groups in total. The monoisotopic (exact) mass is 414 g/mol. The average Bonchev–Trinajstić information content (AvgIpc) is 3.05. The van der Waals surface area contributed by atoms with Gasteiger partial charge in [-0.25, -0.2) is 0 Å². The highest BCUT2D eigenvalue weighted by Gasteiger charge is 2.57. The Hall–Kier alpha value is -1.09. The SMILES string of the molecule is C/C(CCC[C@H](C)C(=O)O)=C1/CC[C@H]2[C@@H]3CC=C4C[C@@H](O)CC[C@]4(C)[C@H]3CC[C@]12C. The van der Waals surface area contributed by atoms with E-state index in [9.17, 15) is 9.90 Å². The minimum atomic E-state index is -0.667. The van der Waals surface area contributed by atoms with E-state index >= 15 is 0 Å². The molecule has 7 atom stereocenters. The van der Waals surface area contributed by atoms with Gasteiger partial charge >= 0.3 is 5.97 Å². The van der Waals surface area contributed by atoms with Gasteiger partial charge in [-0.05, 0) is 106 Å². The van der Waals surface area contributed by atoms with Crippen molar-refractivity contribution in [2.24, 2.45) is 34.5 Å². The van der Waals surface area contributed by atoms with Crippen LogP contribution in [-0.4, -0.2) is 22.3 Å². The van der Waals surface area contributed by atoms with Gasteiger partial charge in [0.15, 0.2) is 0 Å². The lowest BCUT2D eigenvalue weighted by Gasteiger charge is -2.57. The molecule has 0 amide bonds. The molecule has 3 heteroatoms. The summed E-state index contributed by atoms with van der Waals surface area (Å²) in [6.45, 7) is 9.20. The van der Waals surface area contributed by atoms with Gasteiger partial charge < -0.3 is 10.2 Å². The van der Waals surface area contributed by atoms with E-state index in [4.69, 9.17) is 5.11 Å². The third-order valence-corrected chi connectivity index (χ3v) is 9.99. The van der Waals surface area contributed by atoms with Crippen LogP contribution in [0.1, 0.15) is 98.3 Å². The van der Waals surface area contributed by atoms with Crippen molar-refractivity contribution in [2.45, 2.75) is 104 Å². The number of aliphatic carboxylic acids is 1. The third kappa shape index (κ3) is 3.59. The Bertz CT molecular complexity index is 749. The van der Waals surface area contributed by atoms with Crippen LogP contribution >= 0.6 is 0 Å². The first kappa shape index (κ1) is 22.1. The van der Waals surface area contributed by atoms with Crippen molar-refractivity contribution in [3.63, 3.8) is 0 Å². The van der Waals surface area contributed by atoms with Gasteiger partial charge in [-0.2, -0.15) is 0 Å². The zero-order valence-electron chi connectivity index (χ0n) is 19.5. The second kappa shape index (κ2) is 8.11. The van der Waals surface area contributed by atoms with Crippen LogP contribution in [0.25, 0.3) is 0 Å². The van der Waals surface area contributed by atoms with Crippen molar-refractivity contribution in [3.8, 4) is 0 Å². The van der Waals surface area contributed by atoms with E-state index in [1.165, 1.54) is 32.1 Å². The lowest BCUT2D eigenvalue weighted by molar-refractivity contribution is -0.141. The van der Waals surface area contributed by atoms with Crippen molar-refractivity contribution in [2.75, 3.05) is 0 Å². The predicted octanol–water partition coefficient (Wildman–Crippen LogP) is 6.52. The van der Waals surface area contributed by atoms with Crippen molar-refractivity contribution in [1.82, 2.24) is 0 Å². The maximum absolute atomic E-state index is 11.1. The number of rotatable bonds is 5. The third-order valence-electron chi connectivity index (χ3n) is 9.99. The van der Waals surface area contributed by atoms with Crippen LogP contribution in [0, 0.1) is 34.5 Å². The van der Waals surface area contributed by atoms with Gasteiger partial charge in [0, 0.05) is 0 Å². The highest BCUT2D eigenvalue weighted by molar-refractivity contribution is 5.69. The summed E-state index contributed by atoms with van der Waals surface area (Å²) in [6.07, 6.45) is 14.7. The number of carboxylic acids is 1. The van der Waals surface area contributed by atoms with E-state index in [-0.39, 0.29) is 12.0 Å².